The van der Waals surface area contributed by atoms with Crippen LogP contribution in [0, 0.1) is 13.8 Å². The van der Waals surface area contributed by atoms with Crippen molar-refractivity contribution in [1.82, 2.24) is 9.97 Å². The highest BCUT2D eigenvalue weighted by Gasteiger charge is 2.48. The number of carbonyl (C=O) groups excluding carboxylic acids is 1. The van der Waals surface area contributed by atoms with Gasteiger partial charge >= 0.3 is 5.97 Å². The lowest BCUT2D eigenvalue weighted by Gasteiger charge is -2.32. The van der Waals surface area contributed by atoms with Gasteiger partial charge in [-0.1, -0.05) is 48.5 Å². The summed E-state index contributed by atoms with van der Waals surface area (Å²) < 4.78 is 21.9. The summed E-state index contributed by atoms with van der Waals surface area (Å²) in [6.07, 6.45) is 0. The molecule has 1 atom stereocenters. The fourth-order valence-electron chi connectivity index (χ4n) is 5.85. The number of nitrogens with zero attached hydrogens (tertiary/aromatic N) is 2. The summed E-state index contributed by atoms with van der Waals surface area (Å²) >= 11 is 0. The van der Waals surface area contributed by atoms with E-state index >= 15 is 0 Å². The number of aryl methyl sites for hydroxylation is 2. The van der Waals surface area contributed by atoms with Gasteiger partial charge in [0.2, 0.25) is 0 Å². The molecule has 1 heterocycles. The van der Waals surface area contributed by atoms with E-state index in [1.807, 2.05) is 24.3 Å². The van der Waals surface area contributed by atoms with Gasteiger partial charge in [-0.3, -0.25) is 4.79 Å². The number of esters is 1. The van der Waals surface area contributed by atoms with Crippen molar-refractivity contribution in [3.05, 3.63) is 118 Å². The largest absolute Gasteiger partial charge is 0.491 e. The second-order valence-electron chi connectivity index (χ2n) is 10.7. The Labute approximate surface area is 251 Å². The minimum atomic E-state index is -0.729. The Morgan fingerprint density at radius 2 is 1.28 bits per heavy atom. The van der Waals surface area contributed by atoms with Gasteiger partial charge in [0.15, 0.2) is 0 Å². The lowest BCUT2D eigenvalue weighted by Crippen LogP contribution is -2.29. The molecule has 1 aliphatic rings. The van der Waals surface area contributed by atoms with Crippen LogP contribution in [-0.4, -0.2) is 49.5 Å². The van der Waals surface area contributed by atoms with Crippen LogP contribution in [0.4, 0.5) is 0 Å². The fourth-order valence-corrected chi connectivity index (χ4v) is 5.85. The third-order valence-corrected chi connectivity index (χ3v) is 8.01. The van der Waals surface area contributed by atoms with Crippen molar-refractivity contribution in [2.45, 2.75) is 26.2 Å². The summed E-state index contributed by atoms with van der Waals surface area (Å²) in [5.41, 5.74) is 9.42. The molecule has 0 saturated carbocycles. The highest BCUT2D eigenvalue weighted by Crippen LogP contribution is 2.55. The van der Waals surface area contributed by atoms with E-state index in [1.54, 1.807) is 7.11 Å². The smallest absolute Gasteiger partial charge is 0.302 e. The second-order valence-corrected chi connectivity index (χ2v) is 10.7. The van der Waals surface area contributed by atoms with Crippen LogP contribution in [0.2, 0.25) is 0 Å². The summed E-state index contributed by atoms with van der Waals surface area (Å²) in [5.74, 6) is 1.14. The fraction of sp³-hybridized carbons (Fsp3) is 0.250. The summed E-state index contributed by atoms with van der Waals surface area (Å²) in [5, 5.41) is 0. The number of hydrogen-bond acceptors (Lipinski definition) is 7. The van der Waals surface area contributed by atoms with Crippen LogP contribution in [-0.2, 0) is 19.7 Å². The second kappa shape index (κ2) is 11.9. The number of fused-ring (bicyclic) bond motifs is 4. The van der Waals surface area contributed by atoms with Crippen LogP contribution < -0.4 is 9.47 Å². The van der Waals surface area contributed by atoms with Gasteiger partial charge in [0, 0.05) is 19.6 Å². The molecular weight excluding hydrogens is 540 g/mol. The van der Waals surface area contributed by atoms with Crippen molar-refractivity contribution in [3.8, 4) is 22.8 Å². The summed E-state index contributed by atoms with van der Waals surface area (Å²) in [4.78, 5) is 21.7. The number of ether oxygens (including phenoxy) is 4. The monoisotopic (exact) mass is 574 g/mol. The van der Waals surface area contributed by atoms with Gasteiger partial charge in [-0.05, 0) is 78.1 Å². The number of rotatable bonds is 10. The highest BCUT2D eigenvalue weighted by atomic mass is 16.6. The van der Waals surface area contributed by atoms with Gasteiger partial charge in [0.05, 0.1) is 34.4 Å². The molecule has 218 valence electrons. The van der Waals surface area contributed by atoms with Crippen LogP contribution in [0.25, 0.3) is 22.3 Å². The molecule has 0 spiro atoms. The molecule has 7 nitrogen and oxygen atoms in total. The third kappa shape index (κ3) is 5.21. The Morgan fingerprint density at radius 1 is 0.721 bits per heavy atom. The molecule has 1 unspecified atom stereocenters. The maximum atomic E-state index is 11.1. The standard InChI is InChI=1S/C36H34N2O5/c1-23-21-32-33(22-24(23)2)38-35-34(37-32)30-7-5-6-8-31(30)36(35,26-9-13-28(14-10-26)42-18-17-40-4)27-11-15-29(16-12-27)43-20-19-41-25(3)39/h5-16,21-22H,17-20H2,1-4H3. The molecule has 1 aliphatic carbocycles. The molecule has 0 aliphatic heterocycles. The number of benzene rings is 4. The van der Waals surface area contributed by atoms with Crippen molar-refractivity contribution in [2.24, 2.45) is 0 Å². The topological polar surface area (TPSA) is 79.8 Å². The quantitative estimate of drug-likeness (QED) is 0.135. The van der Waals surface area contributed by atoms with Gasteiger partial charge in [0.25, 0.3) is 0 Å². The number of hydrogen-bond donors (Lipinski definition) is 0. The van der Waals surface area contributed by atoms with Gasteiger partial charge in [-0.15, -0.1) is 0 Å². The Bertz CT molecular complexity index is 1780. The van der Waals surface area contributed by atoms with E-state index in [-0.39, 0.29) is 19.2 Å². The maximum Gasteiger partial charge on any atom is 0.302 e. The van der Waals surface area contributed by atoms with E-state index in [9.17, 15) is 4.79 Å². The van der Waals surface area contributed by atoms with E-state index in [1.165, 1.54) is 18.1 Å². The SMILES string of the molecule is COCCOc1ccc(C2(c3ccc(OCCOC(C)=O)cc3)c3ccccc3-c3nc4cc(C)c(C)cc4nc32)cc1. The number of methoxy groups -OCH3 is 1. The van der Waals surface area contributed by atoms with Gasteiger partial charge < -0.3 is 18.9 Å². The van der Waals surface area contributed by atoms with E-state index < -0.39 is 5.41 Å². The molecule has 6 rings (SSSR count). The zero-order valence-electron chi connectivity index (χ0n) is 24.8. The van der Waals surface area contributed by atoms with Crippen LogP contribution >= 0.6 is 0 Å². The summed E-state index contributed by atoms with van der Waals surface area (Å²) in [6, 6.07) is 29.0. The van der Waals surface area contributed by atoms with Crippen molar-refractivity contribution >= 4 is 17.0 Å². The Morgan fingerprint density at radius 3 is 1.86 bits per heavy atom. The first kappa shape index (κ1) is 28.4. The Hall–Kier alpha value is -4.75. The molecular formula is C36H34N2O5. The zero-order valence-corrected chi connectivity index (χ0v) is 24.8. The number of carbonyl (C=O) groups is 1. The highest BCUT2D eigenvalue weighted by molar-refractivity contribution is 5.88. The predicted octanol–water partition coefficient (Wildman–Crippen LogP) is 6.58. The first-order valence-corrected chi connectivity index (χ1v) is 14.4. The molecule has 0 bridgehead atoms. The van der Waals surface area contributed by atoms with Crippen LogP contribution in [0.3, 0.4) is 0 Å². The average molecular weight is 575 g/mol. The van der Waals surface area contributed by atoms with Gasteiger partial charge in [-0.2, -0.15) is 0 Å². The van der Waals surface area contributed by atoms with Crippen molar-refractivity contribution in [2.75, 3.05) is 33.5 Å². The molecule has 0 radical (unpaired) electrons. The van der Waals surface area contributed by atoms with E-state index in [0.29, 0.717) is 19.0 Å². The first-order valence-electron chi connectivity index (χ1n) is 14.4. The zero-order chi connectivity index (χ0) is 30.0. The normalized spacial score (nSPS) is 15.2. The Balaban J connectivity index is 1.52. The summed E-state index contributed by atoms with van der Waals surface area (Å²) in [7, 11) is 1.66. The van der Waals surface area contributed by atoms with Gasteiger partial charge in [-0.25, -0.2) is 9.97 Å². The average Bonchev–Trinajstić information content (AvgIpc) is 3.29. The maximum absolute atomic E-state index is 11.1. The molecule has 43 heavy (non-hydrogen) atoms. The van der Waals surface area contributed by atoms with Crippen molar-refractivity contribution in [3.63, 3.8) is 0 Å². The number of aromatic nitrogens is 2. The molecule has 1 aromatic heterocycles. The third-order valence-electron chi connectivity index (χ3n) is 8.01. The predicted molar refractivity (Wildman–Crippen MR) is 166 cm³/mol. The molecule has 7 heteroatoms. The molecule has 4 aromatic carbocycles. The van der Waals surface area contributed by atoms with Crippen molar-refractivity contribution in [1.29, 1.82) is 0 Å². The van der Waals surface area contributed by atoms with Crippen LogP contribution in [0.5, 0.6) is 11.5 Å². The van der Waals surface area contributed by atoms with Crippen molar-refractivity contribution < 1.29 is 23.7 Å². The van der Waals surface area contributed by atoms with Crippen LogP contribution in [0.15, 0.2) is 84.9 Å². The van der Waals surface area contributed by atoms with Gasteiger partial charge in [0.1, 0.15) is 31.3 Å². The molecule has 5 aromatic rings. The molecule has 0 amide bonds. The first-order chi connectivity index (χ1) is 20.9. The minimum absolute atomic E-state index is 0.197. The lowest BCUT2D eigenvalue weighted by molar-refractivity contribution is -0.141. The molecule has 0 saturated heterocycles. The van der Waals surface area contributed by atoms with Crippen LogP contribution in [0.1, 0.15) is 40.4 Å². The summed E-state index contributed by atoms with van der Waals surface area (Å²) in [6.45, 7) is 7.06. The minimum Gasteiger partial charge on any atom is -0.491 e. The molecule has 0 N–H and O–H groups in total. The van der Waals surface area contributed by atoms with E-state index in [4.69, 9.17) is 28.9 Å². The van der Waals surface area contributed by atoms with E-state index in [0.717, 1.165) is 50.4 Å². The molecule has 0 fully saturated rings. The lowest BCUT2D eigenvalue weighted by atomic mass is 9.69. The van der Waals surface area contributed by atoms with E-state index in [2.05, 4.69) is 74.5 Å². The Kier molecular flexibility index (Phi) is 7.82.